The zero-order valence-electron chi connectivity index (χ0n) is 9.88. The van der Waals surface area contributed by atoms with Gasteiger partial charge < -0.3 is 15.6 Å². The largest absolute Gasteiger partial charge is 0.504 e. The number of benzene rings is 1. The third kappa shape index (κ3) is 2.50. The van der Waals surface area contributed by atoms with Gasteiger partial charge in [0.1, 0.15) is 0 Å². The summed E-state index contributed by atoms with van der Waals surface area (Å²) in [4.78, 5) is 0. The van der Waals surface area contributed by atoms with Gasteiger partial charge in [-0.25, -0.2) is 0 Å². The average Bonchev–Trinajstić information content (AvgIpc) is 2.23. The van der Waals surface area contributed by atoms with Crippen molar-refractivity contribution in [2.24, 2.45) is 5.73 Å². The van der Waals surface area contributed by atoms with Crippen LogP contribution in [0.2, 0.25) is 0 Å². The van der Waals surface area contributed by atoms with Gasteiger partial charge in [-0.3, -0.25) is 0 Å². The fraction of sp³-hybridized carbons (Fsp3) is 0.500. The van der Waals surface area contributed by atoms with Crippen LogP contribution >= 0.6 is 15.9 Å². The van der Waals surface area contributed by atoms with E-state index in [1.165, 1.54) is 0 Å². The van der Waals surface area contributed by atoms with Crippen molar-refractivity contribution in [3.05, 3.63) is 21.7 Å². The highest BCUT2D eigenvalue weighted by molar-refractivity contribution is 9.10. The van der Waals surface area contributed by atoms with Gasteiger partial charge in [0.05, 0.1) is 7.11 Å². The number of hydrogen-bond donors (Lipinski definition) is 2. The fourth-order valence-corrected chi connectivity index (χ4v) is 2.36. The van der Waals surface area contributed by atoms with Gasteiger partial charge in [-0.15, -0.1) is 0 Å². The summed E-state index contributed by atoms with van der Waals surface area (Å²) in [5.41, 5.74) is 7.69. The number of hydrogen-bond acceptors (Lipinski definition) is 3. The maximum atomic E-state index is 9.83. The summed E-state index contributed by atoms with van der Waals surface area (Å²) in [7, 11) is 1.57. The van der Waals surface area contributed by atoms with Crippen LogP contribution in [0.5, 0.6) is 11.5 Å². The Hall–Kier alpha value is -0.740. The molecule has 3 N–H and O–H groups in total. The molecule has 4 heteroatoms. The molecule has 0 saturated heterocycles. The SMILES string of the molecule is COc1c(O)cc(Br)c(C)c1C(C)CCN. The van der Waals surface area contributed by atoms with Crippen molar-refractivity contribution < 1.29 is 9.84 Å². The molecule has 0 aromatic heterocycles. The first-order valence-corrected chi connectivity index (χ1v) is 6.08. The van der Waals surface area contributed by atoms with Gasteiger partial charge in [0.25, 0.3) is 0 Å². The molecule has 0 amide bonds. The minimum absolute atomic E-state index is 0.166. The summed E-state index contributed by atoms with van der Waals surface area (Å²) < 4.78 is 6.16. The minimum Gasteiger partial charge on any atom is -0.504 e. The third-order valence-electron chi connectivity index (χ3n) is 2.80. The van der Waals surface area contributed by atoms with E-state index in [2.05, 4.69) is 22.9 Å². The normalized spacial score (nSPS) is 12.6. The number of nitrogens with two attached hydrogens (primary N) is 1. The molecule has 0 aliphatic rings. The average molecular weight is 288 g/mol. The Bertz CT molecular complexity index is 380. The quantitative estimate of drug-likeness (QED) is 0.895. The lowest BCUT2D eigenvalue weighted by atomic mass is 9.92. The lowest BCUT2D eigenvalue weighted by molar-refractivity contribution is 0.365. The van der Waals surface area contributed by atoms with Gasteiger partial charge in [0.15, 0.2) is 11.5 Å². The highest BCUT2D eigenvalue weighted by Crippen LogP contribution is 2.41. The molecule has 1 aromatic carbocycles. The molecule has 1 unspecified atom stereocenters. The van der Waals surface area contributed by atoms with Crippen molar-refractivity contribution in [3.63, 3.8) is 0 Å². The van der Waals surface area contributed by atoms with E-state index in [0.29, 0.717) is 12.3 Å². The number of methoxy groups -OCH3 is 1. The Labute approximate surface area is 105 Å². The number of phenolic OH excluding ortho intramolecular Hbond substituents is 1. The molecule has 0 heterocycles. The summed E-state index contributed by atoms with van der Waals surface area (Å²) in [6.45, 7) is 4.72. The molecule has 0 spiro atoms. The Morgan fingerprint density at radius 1 is 1.56 bits per heavy atom. The van der Waals surface area contributed by atoms with Crippen molar-refractivity contribution >= 4 is 15.9 Å². The number of phenols is 1. The second kappa shape index (κ2) is 5.55. The van der Waals surface area contributed by atoms with Gasteiger partial charge in [-0.05, 0) is 37.4 Å². The molecule has 0 aliphatic heterocycles. The topological polar surface area (TPSA) is 55.5 Å². The van der Waals surface area contributed by atoms with E-state index < -0.39 is 0 Å². The number of ether oxygens (including phenoxy) is 1. The first-order chi connectivity index (χ1) is 7.52. The predicted octanol–water partition coefficient (Wildman–Crippen LogP) is 2.92. The first-order valence-electron chi connectivity index (χ1n) is 5.28. The van der Waals surface area contributed by atoms with Crippen LogP contribution in [0.3, 0.4) is 0 Å². The molecule has 1 aromatic rings. The van der Waals surface area contributed by atoms with Crippen LogP contribution in [0.15, 0.2) is 10.5 Å². The zero-order chi connectivity index (χ0) is 12.3. The Morgan fingerprint density at radius 2 is 2.19 bits per heavy atom. The van der Waals surface area contributed by atoms with E-state index in [9.17, 15) is 5.11 Å². The monoisotopic (exact) mass is 287 g/mol. The van der Waals surface area contributed by atoms with Gasteiger partial charge in [-0.2, -0.15) is 0 Å². The van der Waals surface area contributed by atoms with Crippen LogP contribution in [0.25, 0.3) is 0 Å². The van der Waals surface area contributed by atoms with E-state index in [0.717, 1.165) is 22.0 Å². The third-order valence-corrected chi connectivity index (χ3v) is 3.62. The van der Waals surface area contributed by atoms with Crippen molar-refractivity contribution in [2.45, 2.75) is 26.2 Å². The Morgan fingerprint density at radius 3 is 2.69 bits per heavy atom. The van der Waals surface area contributed by atoms with Crippen LogP contribution < -0.4 is 10.5 Å². The Kier molecular flexibility index (Phi) is 4.62. The molecular weight excluding hydrogens is 270 g/mol. The molecule has 0 saturated carbocycles. The maximum Gasteiger partial charge on any atom is 0.164 e. The molecule has 1 rings (SSSR count). The van der Waals surface area contributed by atoms with Crippen LogP contribution in [0, 0.1) is 6.92 Å². The molecule has 0 bridgehead atoms. The van der Waals surface area contributed by atoms with Gasteiger partial charge in [0.2, 0.25) is 0 Å². The van der Waals surface area contributed by atoms with Gasteiger partial charge in [0, 0.05) is 10.0 Å². The number of aromatic hydroxyl groups is 1. The standard InChI is InChI=1S/C12H18BrNO2/c1-7(4-5-14)11-8(2)9(13)6-10(15)12(11)16-3/h6-7,15H,4-5,14H2,1-3H3. The number of halogens is 1. The van der Waals surface area contributed by atoms with Crippen LogP contribution in [-0.4, -0.2) is 18.8 Å². The molecule has 1 atom stereocenters. The lowest BCUT2D eigenvalue weighted by Gasteiger charge is -2.19. The van der Waals surface area contributed by atoms with E-state index in [4.69, 9.17) is 10.5 Å². The smallest absolute Gasteiger partial charge is 0.164 e. The zero-order valence-corrected chi connectivity index (χ0v) is 11.5. The van der Waals surface area contributed by atoms with Crippen molar-refractivity contribution in [1.29, 1.82) is 0 Å². The molecule has 90 valence electrons. The predicted molar refractivity (Wildman–Crippen MR) is 69.2 cm³/mol. The van der Waals surface area contributed by atoms with E-state index >= 15 is 0 Å². The Balaban J connectivity index is 3.32. The summed E-state index contributed by atoms with van der Waals surface area (Å²) >= 11 is 3.43. The van der Waals surface area contributed by atoms with Crippen molar-refractivity contribution in [2.75, 3.05) is 13.7 Å². The van der Waals surface area contributed by atoms with Gasteiger partial charge in [-0.1, -0.05) is 22.9 Å². The first kappa shape index (κ1) is 13.3. The van der Waals surface area contributed by atoms with E-state index in [1.54, 1.807) is 13.2 Å². The van der Waals surface area contributed by atoms with Crippen molar-refractivity contribution in [3.8, 4) is 11.5 Å². The van der Waals surface area contributed by atoms with E-state index in [1.807, 2.05) is 6.92 Å². The molecule has 3 nitrogen and oxygen atoms in total. The molecule has 0 aliphatic carbocycles. The summed E-state index contributed by atoms with van der Waals surface area (Å²) in [6, 6.07) is 1.66. The summed E-state index contributed by atoms with van der Waals surface area (Å²) in [6.07, 6.45) is 0.868. The van der Waals surface area contributed by atoms with Crippen LogP contribution in [0.1, 0.15) is 30.4 Å². The summed E-state index contributed by atoms with van der Waals surface area (Å²) in [5.74, 6) is 0.990. The van der Waals surface area contributed by atoms with Gasteiger partial charge >= 0.3 is 0 Å². The second-order valence-electron chi connectivity index (χ2n) is 3.93. The molecule has 0 radical (unpaired) electrons. The molecule has 16 heavy (non-hydrogen) atoms. The summed E-state index contributed by atoms with van der Waals surface area (Å²) in [5, 5.41) is 9.83. The van der Waals surface area contributed by atoms with E-state index in [-0.39, 0.29) is 11.7 Å². The second-order valence-corrected chi connectivity index (χ2v) is 4.78. The van der Waals surface area contributed by atoms with Crippen LogP contribution in [-0.2, 0) is 0 Å². The number of rotatable bonds is 4. The highest BCUT2D eigenvalue weighted by Gasteiger charge is 2.19. The highest BCUT2D eigenvalue weighted by atomic mass is 79.9. The minimum atomic E-state index is 0.166. The van der Waals surface area contributed by atoms with Crippen molar-refractivity contribution in [1.82, 2.24) is 0 Å². The maximum absolute atomic E-state index is 9.83. The fourth-order valence-electron chi connectivity index (χ4n) is 1.93. The lowest BCUT2D eigenvalue weighted by Crippen LogP contribution is -2.07. The van der Waals surface area contributed by atoms with Crippen LogP contribution in [0.4, 0.5) is 0 Å². The molecule has 0 fully saturated rings. The molecular formula is C12H18BrNO2.